The van der Waals surface area contributed by atoms with Crippen molar-refractivity contribution in [3.05, 3.63) is 0 Å². The summed E-state index contributed by atoms with van der Waals surface area (Å²) in [6.45, 7) is 7.58. The number of hydrogen-bond acceptors (Lipinski definition) is 3. The van der Waals surface area contributed by atoms with Gasteiger partial charge in [0.1, 0.15) is 6.04 Å². The maximum Gasteiger partial charge on any atom is 0.245 e. The first-order valence-electron chi connectivity index (χ1n) is 6.29. The number of carbonyl (C=O) groups is 2. The number of amides is 2. The van der Waals surface area contributed by atoms with Crippen molar-refractivity contribution in [2.75, 3.05) is 26.3 Å². The highest BCUT2D eigenvalue weighted by atomic mass is 79.9. The fraction of sp³-hybridized carbons (Fsp3) is 0.833. The van der Waals surface area contributed by atoms with Crippen LogP contribution in [0, 0.1) is 5.92 Å². The highest BCUT2D eigenvalue weighted by molar-refractivity contribution is 9.10. The van der Waals surface area contributed by atoms with Crippen LogP contribution >= 0.6 is 15.9 Å². The summed E-state index contributed by atoms with van der Waals surface area (Å²) < 4.78 is 5.30. The highest BCUT2D eigenvalue weighted by Gasteiger charge is 2.35. The molecule has 0 aliphatic carbocycles. The Balaban J connectivity index is 2.76. The van der Waals surface area contributed by atoms with Gasteiger partial charge in [0, 0.05) is 13.1 Å². The van der Waals surface area contributed by atoms with Gasteiger partial charge < -0.3 is 15.0 Å². The fourth-order valence-electron chi connectivity index (χ4n) is 1.82. The zero-order chi connectivity index (χ0) is 13.7. The van der Waals surface area contributed by atoms with E-state index < -0.39 is 6.04 Å². The number of likely N-dealkylation sites (N-methyl/N-ethyl adjacent to an activating group) is 1. The fourth-order valence-corrected chi connectivity index (χ4v) is 2.08. The van der Waals surface area contributed by atoms with E-state index in [0.717, 1.165) is 0 Å². The maximum absolute atomic E-state index is 12.3. The van der Waals surface area contributed by atoms with Crippen LogP contribution in [0.3, 0.4) is 0 Å². The summed E-state index contributed by atoms with van der Waals surface area (Å²) in [5.74, 6) is 0.00814. The first kappa shape index (κ1) is 15.4. The number of nitrogens with one attached hydrogen (secondary N) is 1. The molecule has 6 heteroatoms. The molecule has 1 rings (SSSR count). The normalized spacial score (nSPS) is 21.8. The predicted molar refractivity (Wildman–Crippen MR) is 72.6 cm³/mol. The molecule has 0 aromatic carbocycles. The van der Waals surface area contributed by atoms with Gasteiger partial charge in [-0.15, -0.1) is 0 Å². The summed E-state index contributed by atoms with van der Waals surface area (Å²) >= 11 is 3.39. The van der Waals surface area contributed by atoms with Gasteiger partial charge in [-0.3, -0.25) is 9.59 Å². The lowest BCUT2D eigenvalue weighted by Gasteiger charge is -2.36. The van der Waals surface area contributed by atoms with Gasteiger partial charge in [0.05, 0.1) is 18.0 Å². The Bertz CT molecular complexity index is 310. The molecule has 2 unspecified atom stereocenters. The number of halogens is 1. The van der Waals surface area contributed by atoms with E-state index in [0.29, 0.717) is 19.7 Å². The van der Waals surface area contributed by atoms with Gasteiger partial charge in [-0.05, 0) is 12.8 Å². The van der Waals surface area contributed by atoms with Gasteiger partial charge in [0.2, 0.25) is 11.8 Å². The van der Waals surface area contributed by atoms with Gasteiger partial charge in [-0.1, -0.05) is 29.8 Å². The molecule has 1 aliphatic rings. The van der Waals surface area contributed by atoms with Crippen LogP contribution in [0.5, 0.6) is 0 Å². The SMILES string of the molecule is CCNC(=O)C1COCCN1C(=O)C(Br)C(C)C. The van der Waals surface area contributed by atoms with Crippen molar-refractivity contribution in [2.45, 2.75) is 31.6 Å². The monoisotopic (exact) mass is 320 g/mol. The number of carbonyl (C=O) groups excluding carboxylic acids is 2. The van der Waals surface area contributed by atoms with Gasteiger partial charge in [0.25, 0.3) is 0 Å². The Hall–Kier alpha value is -0.620. The van der Waals surface area contributed by atoms with Crippen LogP contribution in [0.4, 0.5) is 0 Å². The van der Waals surface area contributed by atoms with E-state index in [-0.39, 0.29) is 29.2 Å². The van der Waals surface area contributed by atoms with Crippen LogP contribution in [-0.2, 0) is 14.3 Å². The molecule has 18 heavy (non-hydrogen) atoms. The van der Waals surface area contributed by atoms with E-state index in [1.807, 2.05) is 20.8 Å². The molecule has 0 aromatic rings. The molecule has 0 aromatic heterocycles. The minimum Gasteiger partial charge on any atom is -0.377 e. The predicted octanol–water partition coefficient (Wildman–Crippen LogP) is 0.769. The average Bonchev–Trinajstić information content (AvgIpc) is 2.37. The van der Waals surface area contributed by atoms with Crippen molar-refractivity contribution in [1.82, 2.24) is 10.2 Å². The summed E-state index contributed by atoms with van der Waals surface area (Å²) in [4.78, 5) is 25.6. The van der Waals surface area contributed by atoms with Gasteiger partial charge in [0.15, 0.2) is 0 Å². The molecule has 5 nitrogen and oxygen atoms in total. The molecule has 1 fully saturated rings. The summed E-state index contributed by atoms with van der Waals surface area (Å²) in [6.07, 6.45) is 0. The van der Waals surface area contributed by atoms with Crippen molar-refractivity contribution in [1.29, 1.82) is 0 Å². The van der Waals surface area contributed by atoms with Crippen LogP contribution in [0.25, 0.3) is 0 Å². The molecule has 1 heterocycles. The third kappa shape index (κ3) is 3.68. The number of rotatable bonds is 4. The van der Waals surface area contributed by atoms with Gasteiger partial charge in [-0.25, -0.2) is 0 Å². The third-order valence-electron chi connectivity index (χ3n) is 2.89. The Morgan fingerprint density at radius 1 is 1.50 bits per heavy atom. The molecular formula is C12H21BrN2O3. The molecule has 0 saturated carbocycles. The second-order valence-electron chi connectivity index (χ2n) is 4.66. The topological polar surface area (TPSA) is 58.6 Å². The Kier molecular flexibility index (Phi) is 6.08. The lowest BCUT2D eigenvalue weighted by Crippen LogP contribution is -2.57. The number of hydrogen-bond donors (Lipinski definition) is 1. The minimum absolute atomic E-state index is 0.0375. The van der Waals surface area contributed by atoms with E-state index in [2.05, 4.69) is 21.2 Å². The third-order valence-corrected chi connectivity index (χ3v) is 4.34. The highest BCUT2D eigenvalue weighted by Crippen LogP contribution is 2.18. The first-order chi connectivity index (χ1) is 8.49. The number of nitrogens with zero attached hydrogens (tertiary/aromatic N) is 1. The second kappa shape index (κ2) is 7.09. The van der Waals surface area contributed by atoms with Gasteiger partial charge >= 0.3 is 0 Å². The maximum atomic E-state index is 12.3. The molecule has 0 spiro atoms. The largest absolute Gasteiger partial charge is 0.377 e. The van der Waals surface area contributed by atoms with Crippen molar-refractivity contribution < 1.29 is 14.3 Å². The summed E-state index contributed by atoms with van der Waals surface area (Å²) in [5.41, 5.74) is 0. The summed E-state index contributed by atoms with van der Waals surface area (Å²) in [7, 11) is 0. The molecule has 2 atom stereocenters. The molecule has 0 radical (unpaired) electrons. The molecule has 0 bridgehead atoms. The molecule has 2 amide bonds. The zero-order valence-electron chi connectivity index (χ0n) is 11.1. The van der Waals surface area contributed by atoms with E-state index in [1.165, 1.54) is 0 Å². The molecule has 104 valence electrons. The van der Waals surface area contributed by atoms with Crippen LogP contribution in [0.1, 0.15) is 20.8 Å². The number of alkyl halides is 1. The molecule has 1 aliphatic heterocycles. The first-order valence-corrected chi connectivity index (χ1v) is 7.20. The van der Waals surface area contributed by atoms with Crippen molar-refractivity contribution in [3.8, 4) is 0 Å². The zero-order valence-corrected chi connectivity index (χ0v) is 12.7. The van der Waals surface area contributed by atoms with E-state index in [9.17, 15) is 9.59 Å². The number of ether oxygens (including phenoxy) is 1. The lowest BCUT2D eigenvalue weighted by atomic mass is 10.1. The van der Waals surface area contributed by atoms with E-state index >= 15 is 0 Å². The summed E-state index contributed by atoms with van der Waals surface area (Å²) in [5, 5.41) is 2.74. The lowest BCUT2D eigenvalue weighted by molar-refractivity contribution is -0.148. The minimum atomic E-state index is -0.509. The smallest absolute Gasteiger partial charge is 0.245 e. The van der Waals surface area contributed by atoms with Gasteiger partial charge in [-0.2, -0.15) is 0 Å². The van der Waals surface area contributed by atoms with Crippen molar-refractivity contribution >= 4 is 27.7 Å². The standard InChI is InChI=1S/C12H21BrN2O3/c1-4-14-11(16)9-7-18-6-5-15(9)12(17)10(13)8(2)3/h8-10H,4-7H2,1-3H3,(H,14,16). The molecular weight excluding hydrogens is 300 g/mol. The summed E-state index contributed by atoms with van der Waals surface area (Å²) in [6, 6.07) is -0.509. The Labute approximate surface area is 116 Å². The number of morpholine rings is 1. The van der Waals surface area contributed by atoms with Crippen LogP contribution < -0.4 is 5.32 Å². The Morgan fingerprint density at radius 2 is 2.17 bits per heavy atom. The van der Waals surface area contributed by atoms with Crippen molar-refractivity contribution in [2.24, 2.45) is 5.92 Å². The quantitative estimate of drug-likeness (QED) is 0.778. The second-order valence-corrected chi connectivity index (χ2v) is 5.65. The molecule has 1 saturated heterocycles. The van der Waals surface area contributed by atoms with Crippen LogP contribution in [0.15, 0.2) is 0 Å². The van der Waals surface area contributed by atoms with E-state index in [1.54, 1.807) is 4.90 Å². The van der Waals surface area contributed by atoms with E-state index in [4.69, 9.17) is 4.74 Å². The molecule has 1 N–H and O–H groups in total. The van der Waals surface area contributed by atoms with Crippen LogP contribution in [-0.4, -0.2) is 53.9 Å². The van der Waals surface area contributed by atoms with Crippen molar-refractivity contribution in [3.63, 3.8) is 0 Å². The van der Waals surface area contributed by atoms with Crippen LogP contribution in [0.2, 0.25) is 0 Å². The average molecular weight is 321 g/mol. The Morgan fingerprint density at radius 3 is 2.72 bits per heavy atom.